The summed E-state index contributed by atoms with van der Waals surface area (Å²) < 4.78 is 16.1. The number of aromatic nitrogens is 7. The third kappa shape index (κ3) is 4.15. The van der Waals surface area contributed by atoms with Crippen LogP contribution in [0.3, 0.4) is 0 Å². The minimum absolute atomic E-state index is 0.281. The van der Waals surface area contributed by atoms with Crippen molar-refractivity contribution in [3.63, 3.8) is 0 Å². The highest BCUT2D eigenvalue weighted by atomic mass is 32.1. The zero-order chi connectivity index (χ0) is 25.5. The molecule has 3 N–H and O–H groups in total. The summed E-state index contributed by atoms with van der Waals surface area (Å²) in [6, 6.07) is 5.96. The third-order valence-corrected chi connectivity index (χ3v) is 8.01. The monoisotopic (exact) mass is 524 g/mol. The lowest BCUT2D eigenvalue weighted by Gasteiger charge is -2.11. The highest BCUT2D eigenvalue weighted by Crippen LogP contribution is 2.34. The second-order valence-corrected chi connectivity index (χ2v) is 10.6. The molecule has 0 radical (unpaired) electrons. The lowest BCUT2D eigenvalue weighted by atomic mass is 10.0. The molecule has 8 nitrogen and oxygen atoms in total. The van der Waals surface area contributed by atoms with Crippen molar-refractivity contribution in [2.75, 3.05) is 6.54 Å². The van der Waals surface area contributed by atoms with Crippen molar-refractivity contribution in [3.8, 4) is 33.8 Å². The summed E-state index contributed by atoms with van der Waals surface area (Å²) in [6.45, 7) is 1.70. The molecule has 190 valence electrons. The highest BCUT2D eigenvalue weighted by Gasteiger charge is 2.21. The van der Waals surface area contributed by atoms with Crippen molar-refractivity contribution in [3.05, 3.63) is 65.1 Å². The van der Waals surface area contributed by atoms with Gasteiger partial charge in [-0.25, -0.2) is 19.3 Å². The van der Waals surface area contributed by atoms with E-state index in [4.69, 9.17) is 0 Å². The number of fused-ring (bicyclic) bond motifs is 2. The largest absolute Gasteiger partial charge is 0.335 e. The van der Waals surface area contributed by atoms with Gasteiger partial charge in [-0.2, -0.15) is 16.4 Å². The normalized spacial score (nSPS) is 14.2. The summed E-state index contributed by atoms with van der Waals surface area (Å²) in [5.74, 6) is 0.797. The Bertz CT molecular complexity index is 1730. The molecule has 1 aliphatic carbocycles. The summed E-state index contributed by atoms with van der Waals surface area (Å²) in [7, 11) is 0. The molecule has 1 saturated carbocycles. The average molecular weight is 525 g/mol. The number of pyridine rings is 3. The number of imidazole rings is 1. The van der Waals surface area contributed by atoms with E-state index < -0.39 is 5.82 Å². The van der Waals surface area contributed by atoms with E-state index in [0.29, 0.717) is 34.8 Å². The van der Waals surface area contributed by atoms with E-state index in [-0.39, 0.29) is 11.0 Å². The van der Waals surface area contributed by atoms with E-state index >= 15 is 4.39 Å². The second-order valence-electron chi connectivity index (χ2n) is 9.80. The first-order valence-electron chi connectivity index (χ1n) is 12.8. The van der Waals surface area contributed by atoms with Crippen molar-refractivity contribution in [1.29, 1.82) is 0 Å². The van der Waals surface area contributed by atoms with E-state index in [9.17, 15) is 0 Å². The molecule has 6 aromatic rings. The molecule has 0 unspecified atom stereocenters. The van der Waals surface area contributed by atoms with Crippen molar-refractivity contribution in [2.45, 2.75) is 32.2 Å². The van der Waals surface area contributed by atoms with Gasteiger partial charge in [-0.15, -0.1) is 0 Å². The molecule has 0 aromatic carbocycles. The predicted octanol–water partition coefficient (Wildman–Crippen LogP) is 6.11. The second kappa shape index (κ2) is 9.70. The van der Waals surface area contributed by atoms with Crippen LogP contribution < -0.4 is 5.32 Å². The molecule has 0 atom stereocenters. The fourth-order valence-electron chi connectivity index (χ4n) is 5.38. The van der Waals surface area contributed by atoms with Gasteiger partial charge in [-0.1, -0.05) is 12.8 Å². The summed E-state index contributed by atoms with van der Waals surface area (Å²) in [5, 5.41) is 15.1. The van der Waals surface area contributed by atoms with Crippen LogP contribution in [0.25, 0.3) is 56.0 Å². The van der Waals surface area contributed by atoms with Crippen LogP contribution in [0.15, 0.2) is 53.7 Å². The van der Waals surface area contributed by atoms with Crippen molar-refractivity contribution < 1.29 is 4.39 Å². The number of hydrogen-bond acceptors (Lipinski definition) is 7. The Kier molecular flexibility index (Phi) is 5.90. The number of nitrogens with one attached hydrogen (secondary N) is 3. The van der Waals surface area contributed by atoms with E-state index in [1.165, 1.54) is 31.9 Å². The summed E-state index contributed by atoms with van der Waals surface area (Å²) in [6.07, 6.45) is 12.0. The Morgan fingerprint density at radius 3 is 2.82 bits per heavy atom. The summed E-state index contributed by atoms with van der Waals surface area (Å²) in [5.41, 5.74) is 6.19. The van der Waals surface area contributed by atoms with Gasteiger partial charge in [0.1, 0.15) is 11.5 Å². The Morgan fingerprint density at radius 1 is 1.03 bits per heavy atom. The van der Waals surface area contributed by atoms with E-state index in [1.807, 2.05) is 29.8 Å². The Morgan fingerprint density at radius 2 is 1.95 bits per heavy atom. The number of rotatable bonds is 7. The van der Waals surface area contributed by atoms with Crippen LogP contribution in [0.1, 0.15) is 31.2 Å². The topological polar surface area (TPSA) is 108 Å². The molecule has 7 rings (SSSR count). The van der Waals surface area contributed by atoms with Gasteiger partial charge >= 0.3 is 0 Å². The van der Waals surface area contributed by atoms with Gasteiger partial charge in [0.15, 0.2) is 17.1 Å². The number of aromatic amines is 2. The van der Waals surface area contributed by atoms with Crippen molar-refractivity contribution >= 4 is 33.5 Å². The lowest BCUT2D eigenvalue weighted by Crippen LogP contribution is -2.20. The molecule has 6 aromatic heterocycles. The lowest BCUT2D eigenvalue weighted by molar-refractivity contribution is 0.489. The smallest absolute Gasteiger partial charge is 0.184 e. The molecule has 0 saturated heterocycles. The first-order valence-corrected chi connectivity index (χ1v) is 13.7. The molecule has 0 bridgehead atoms. The third-order valence-electron chi connectivity index (χ3n) is 7.32. The van der Waals surface area contributed by atoms with Crippen molar-refractivity contribution in [1.82, 2.24) is 40.4 Å². The molecule has 6 heterocycles. The molecular weight excluding hydrogens is 499 g/mol. The minimum atomic E-state index is -0.414. The first kappa shape index (κ1) is 23.1. The molecule has 1 fully saturated rings. The zero-order valence-corrected chi connectivity index (χ0v) is 21.4. The van der Waals surface area contributed by atoms with E-state index in [0.717, 1.165) is 34.7 Å². The Hall–Kier alpha value is -4.02. The minimum Gasteiger partial charge on any atom is -0.335 e. The predicted molar refractivity (Wildman–Crippen MR) is 147 cm³/mol. The number of hydrogen-bond donors (Lipinski definition) is 3. The number of nitrogens with zero attached hydrogens (tertiary/aromatic N) is 5. The van der Waals surface area contributed by atoms with Gasteiger partial charge in [0.2, 0.25) is 0 Å². The average Bonchev–Trinajstić information content (AvgIpc) is 3.75. The van der Waals surface area contributed by atoms with Gasteiger partial charge in [0.25, 0.3) is 0 Å². The molecule has 0 aliphatic heterocycles. The SMILES string of the molecule is Fc1c(-c2cncc(CNCC3CCCC3)c2)cnc2n[nH]c(-c3nc4nccc(-c5ccsc5)c4[nH]3)c12. The fourth-order valence-corrected chi connectivity index (χ4v) is 6.03. The first-order chi connectivity index (χ1) is 18.7. The Balaban J connectivity index is 1.23. The highest BCUT2D eigenvalue weighted by molar-refractivity contribution is 7.08. The van der Waals surface area contributed by atoms with Gasteiger partial charge < -0.3 is 10.3 Å². The number of halogens is 1. The zero-order valence-electron chi connectivity index (χ0n) is 20.5. The van der Waals surface area contributed by atoms with Crippen LogP contribution >= 0.6 is 11.3 Å². The molecule has 10 heteroatoms. The van der Waals surface area contributed by atoms with Crippen molar-refractivity contribution in [2.24, 2.45) is 5.92 Å². The molecule has 38 heavy (non-hydrogen) atoms. The number of H-pyrrole nitrogens is 2. The van der Waals surface area contributed by atoms with E-state index in [1.54, 1.807) is 23.7 Å². The molecule has 1 aliphatic rings. The maximum absolute atomic E-state index is 16.1. The maximum atomic E-state index is 16.1. The fraction of sp³-hybridized carbons (Fsp3) is 0.250. The van der Waals surface area contributed by atoms with Crippen LogP contribution in [0.4, 0.5) is 4.39 Å². The van der Waals surface area contributed by atoms with Gasteiger partial charge in [-0.3, -0.25) is 10.1 Å². The quantitative estimate of drug-likeness (QED) is 0.233. The molecule has 0 amide bonds. The number of thiophene rings is 1. The van der Waals surface area contributed by atoms with E-state index in [2.05, 4.69) is 45.8 Å². The van der Waals surface area contributed by atoms with Crippen LogP contribution in [-0.2, 0) is 6.54 Å². The summed E-state index contributed by atoms with van der Waals surface area (Å²) in [4.78, 5) is 21.2. The molecular formula is C28H25FN8S. The van der Waals surface area contributed by atoms with Crippen LogP contribution in [0.5, 0.6) is 0 Å². The van der Waals surface area contributed by atoms with Crippen LogP contribution in [0, 0.1) is 11.7 Å². The molecule has 0 spiro atoms. The maximum Gasteiger partial charge on any atom is 0.184 e. The Labute approximate surface area is 221 Å². The van der Waals surface area contributed by atoms with Gasteiger partial charge in [0.05, 0.1) is 10.9 Å². The van der Waals surface area contributed by atoms with Crippen LogP contribution in [-0.4, -0.2) is 41.7 Å². The summed E-state index contributed by atoms with van der Waals surface area (Å²) >= 11 is 1.62. The van der Waals surface area contributed by atoms with Gasteiger partial charge in [0, 0.05) is 48.0 Å². The van der Waals surface area contributed by atoms with Crippen LogP contribution in [0.2, 0.25) is 0 Å². The standard InChI is InChI=1S/C28H25FN8S/c29-23-21(19-9-17(12-31-13-19)11-30-10-16-3-1-2-4-16)14-33-26-22(23)25(36-37-26)28-34-24-20(18-6-8-38-15-18)5-7-32-27(24)35-28/h5-9,12-16,30H,1-4,10-11H2,(H,32,34,35)(H,33,36,37). The van der Waals surface area contributed by atoms with Gasteiger partial charge in [-0.05, 0) is 65.4 Å².